The van der Waals surface area contributed by atoms with E-state index in [1.807, 2.05) is 0 Å². The van der Waals surface area contributed by atoms with Gasteiger partial charge in [-0.05, 0) is 37.8 Å². The second-order valence-electron chi connectivity index (χ2n) is 7.12. The number of hydrogen-bond acceptors (Lipinski definition) is 7. The molecule has 0 aliphatic carbocycles. The van der Waals surface area contributed by atoms with Crippen LogP contribution in [0.2, 0.25) is 0 Å². The second-order valence-corrected chi connectivity index (χ2v) is 7.12. The van der Waals surface area contributed by atoms with Crippen molar-refractivity contribution in [2.45, 2.75) is 31.7 Å². The van der Waals surface area contributed by atoms with Crippen molar-refractivity contribution >= 4 is 28.7 Å². The van der Waals surface area contributed by atoms with Crippen LogP contribution in [0.5, 0.6) is 0 Å². The molecule has 10 heteroatoms. The van der Waals surface area contributed by atoms with Crippen LogP contribution in [0.1, 0.15) is 25.7 Å². The van der Waals surface area contributed by atoms with E-state index in [0.29, 0.717) is 23.1 Å². The average molecular weight is 418 g/mol. The number of H-pyrrole nitrogens is 1. The van der Waals surface area contributed by atoms with Crippen molar-refractivity contribution in [2.24, 2.45) is 0 Å². The summed E-state index contributed by atoms with van der Waals surface area (Å²) in [7, 11) is 0. The zero-order valence-corrected chi connectivity index (χ0v) is 16.5. The molecule has 160 valence electrons. The highest BCUT2D eigenvalue weighted by molar-refractivity contribution is 5.74. The van der Waals surface area contributed by atoms with Gasteiger partial charge in [0.05, 0.1) is 11.9 Å². The largest absolute Gasteiger partial charge is 0.381 e. The van der Waals surface area contributed by atoms with Crippen molar-refractivity contribution in [3.63, 3.8) is 0 Å². The van der Waals surface area contributed by atoms with Gasteiger partial charge in [0.1, 0.15) is 17.2 Å². The van der Waals surface area contributed by atoms with Crippen LogP contribution in [0.4, 0.5) is 26.4 Å². The Kier molecular flexibility index (Phi) is 6.65. The molecule has 0 saturated carbocycles. The third-order valence-corrected chi connectivity index (χ3v) is 4.81. The van der Waals surface area contributed by atoms with Crippen LogP contribution in [-0.4, -0.2) is 52.4 Å². The van der Waals surface area contributed by atoms with Crippen LogP contribution in [-0.2, 0) is 9.47 Å². The smallest absolute Gasteiger partial charge is 0.225 e. The number of benzene rings is 1. The number of imidazole rings is 1. The Bertz CT molecular complexity index is 965. The molecule has 0 radical (unpaired) electrons. The monoisotopic (exact) mass is 418 g/mol. The Morgan fingerprint density at radius 2 is 1.77 bits per heavy atom. The van der Waals surface area contributed by atoms with Gasteiger partial charge < -0.3 is 25.1 Å². The molecule has 2 fully saturated rings. The summed E-state index contributed by atoms with van der Waals surface area (Å²) in [6, 6.07) is 3.56. The fourth-order valence-electron chi connectivity index (χ4n) is 3.19. The lowest BCUT2D eigenvalue weighted by molar-refractivity contribution is 0.0903. The lowest BCUT2D eigenvalue weighted by Crippen LogP contribution is -2.28. The Morgan fingerprint density at radius 1 is 1.00 bits per heavy atom. The Hall–Kier alpha value is -2.85. The summed E-state index contributed by atoms with van der Waals surface area (Å²) in [6.07, 6.45) is 5.97. The van der Waals surface area contributed by atoms with E-state index >= 15 is 0 Å². The molecule has 4 heterocycles. The van der Waals surface area contributed by atoms with E-state index in [1.54, 1.807) is 6.20 Å². The van der Waals surface area contributed by atoms with Crippen LogP contribution < -0.4 is 10.6 Å². The first kappa shape index (κ1) is 20.4. The molecule has 0 unspecified atom stereocenters. The Labute approximate surface area is 172 Å². The first-order valence-corrected chi connectivity index (χ1v) is 10.0. The van der Waals surface area contributed by atoms with Gasteiger partial charge in [0.15, 0.2) is 5.65 Å². The van der Waals surface area contributed by atoms with Crippen molar-refractivity contribution in [1.29, 1.82) is 0 Å². The number of fused-ring (bicyclic) bond motifs is 1. The van der Waals surface area contributed by atoms with Gasteiger partial charge in [0.2, 0.25) is 11.9 Å². The summed E-state index contributed by atoms with van der Waals surface area (Å²) in [5, 5.41) is 6.05. The molecule has 5 rings (SSSR count). The standard InChI is InChI=1S/C16H16F2N6O.C4H8O/c17-9-1-2-12(11(18)7-9)21-16-22-13-8-19-15(23-14(13)24-16)20-10-3-5-25-6-4-10;1-2-4-5-3-1/h1-2,7-8,10H,3-6H2,(H3,19,20,21,22,23,24);1-4H2. The summed E-state index contributed by atoms with van der Waals surface area (Å²) < 4.78 is 37.0. The maximum absolute atomic E-state index is 13.7. The van der Waals surface area contributed by atoms with Crippen molar-refractivity contribution < 1.29 is 18.3 Å². The van der Waals surface area contributed by atoms with Gasteiger partial charge in [-0.3, -0.25) is 0 Å². The third-order valence-electron chi connectivity index (χ3n) is 4.81. The van der Waals surface area contributed by atoms with E-state index < -0.39 is 11.6 Å². The third kappa shape index (κ3) is 5.39. The van der Waals surface area contributed by atoms with Crippen molar-refractivity contribution in [3.8, 4) is 0 Å². The number of anilines is 3. The summed E-state index contributed by atoms with van der Waals surface area (Å²) in [5.74, 6) is -0.542. The van der Waals surface area contributed by atoms with Crippen LogP contribution in [0.25, 0.3) is 11.2 Å². The van der Waals surface area contributed by atoms with Crippen LogP contribution >= 0.6 is 0 Å². The fraction of sp³-hybridized carbons (Fsp3) is 0.450. The summed E-state index contributed by atoms with van der Waals surface area (Å²) >= 11 is 0. The number of hydrogen-bond donors (Lipinski definition) is 3. The Balaban J connectivity index is 0.000000383. The van der Waals surface area contributed by atoms with Crippen molar-refractivity contribution in [2.75, 3.05) is 37.1 Å². The summed E-state index contributed by atoms with van der Waals surface area (Å²) in [4.78, 5) is 15.9. The van der Waals surface area contributed by atoms with E-state index in [4.69, 9.17) is 9.47 Å². The average Bonchev–Trinajstić information content (AvgIpc) is 3.44. The van der Waals surface area contributed by atoms with Gasteiger partial charge in [-0.1, -0.05) is 0 Å². The molecule has 2 aliphatic rings. The predicted molar refractivity (Wildman–Crippen MR) is 109 cm³/mol. The number of ether oxygens (including phenoxy) is 2. The maximum atomic E-state index is 13.7. The zero-order chi connectivity index (χ0) is 20.8. The molecule has 0 atom stereocenters. The Morgan fingerprint density at radius 3 is 2.47 bits per heavy atom. The van der Waals surface area contributed by atoms with Gasteiger partial charge in [0.25, 0.3) is 0 Å². The highest BCUT2D eigenvalue weighted by atomic mass is 19.1. The minimum absolute atomic E-state index is 0.119. The van der Waals surface area contributed by atoms with Gasteiger partial charge in [0, 0.05) is 38.5 Å². The van der Waals surface area contributed by atoms with E-state index in [2.05, 4.69) is 30.6 Å². The SMILES string of the molecule is C1CCOC1.Fc1ccc(Nc2nc3nc(NC4CCOCC4)ncc3[nH]2)c(F)c1. The molecule has 2 saturated heterocycles. The summed E-state index contributed by atoms with van der Waals surface area (Å²) in [5.41, 5.74) is 1.19. The molecule has 8 nitrogen and oxygen atoms in total. The molecule has 30 heavy (non-hydrogen) atoms. The van der Waals surface area contributed by atoms with Gasteiger partial charge in [-0.25, -0.2) is 13.8 Å². The molecule has 0 bridgehead atoms. The maximum Gasteiger partial charge on any atom is 0.225 e. The topological polar surface area (TPSA) is 97.0 Å². The predicted octanol–water partition coefficient (Wildman–Crippen LogP) is 3.76. The number of rotatable bonds is 4. The molecular weight excluding hydrogens is 394 g/mol. The lowest BCUT2D eigenvalue weighted by Gasteiger charge is -2.22. The van der Waals surface area contributed by atoms with E-state index in [-0.39, 0.29) is 11.7 Å². The van der Waals surface area contributed by atoms with E-state index in [1.165, 1.54) is 25.0 Å². The van der Waals surface area contributed by atoms with E-state index in [9.17, 15) is 8.78 Å². The molecule has 3 N–H and O–H groups in total. The van der Waals surface area contributed by atoms with Gasteiger partial charge in [-0.2, -0.15) is 9.97 Å². The number of nitrogens with zero attached hydrogens (tertiary/aromatic N) is 3. The van der Waals surface area contributed by atoms with Gasteiger partial charge in [-0.15, -0.1) is 0 Å². The molecule has 3 aromatic rings. The first-order valence-electron chi connectivity index (χ1n) is 10.0. The molecule has 1 aromatic carbocycles. The number of halogens is 2. The molecular formula is C20H24F2N6O2. The lowest BCUT2D eigenvalue weighted by atomic mass is 10.1. The number of aromatic amines is 1. The molecule has 2 aliphatic heterocycles. The highest BCUT2D eigenvalue weighted by Gasteiger charge is 2.15. The van der Waals surface area contributed by atoms with E-state index in [0.717, 1.165) is 45.3 Å². The minimum Gasteiger partial charge on any atom is -0.381 e. The van der Waals surface area contributed by atoms with Crippen molar-refractivity contribution in [1.82, 2.24) is 19.9 Å². The molecule has 2 aromatic heterocycles. The molecule has 0 amide bonds. The van der Waals surface area contributed by atoms with Gasteiger partial charge >= 0.3 is 0 Å². The van der Waals surface area contributed by atoms with Crippen LogP contribution in [0, 0.1) is 11.6 Å². The van der Waals surface area contributed by atoms with Crippen LogP contribution in [0.3, 0.4) is 0 Å². The van der Waals surface area contributed by atoms with Crippen LogP contribution in [0.15, 0.2) is 24.4 Å². The number of nitrogens with one attached hydrogen (secondary N) is 3. The normalized spacial score (nSPS) is 16.9. The zero-order valence-electron chi connectivity index (χ0n) is 16.5. The fourth-order valence-corrected chi connectivity index (χ4v) is 3.19. The highest BCUT2D eigenvalue weighted by Crippen LogP contribution is 2.21. The summed E-state index contributed by atoms with van der Waals surface area (Å²) in [6.45, 7) is 3.44. The quantitative estimate of drug-likeness (QED) is 0.594. The first-order chi connectivity index (χ1) is 14.7. The minimum atomic E-state index is -0.701. The van der Waals surface area contributed by atoms with Crippen molar-refractivity contribution in [3.05, 3.63) is 36.0 Å². The second kappa shape index (κ2) is 9.77. The molecule has 0 spiro atoms. The number of aromatic nitrogens is 4.